The molecule has 1 unspecified atom stereocenters. The van der Waals surface area contributed by atoms with Gasteiger partial charge in [-0.1, -0.05) is 6.07 Å². The number of hydrogen-bond donors (Lipinski definition) is 2. The summed E-state index contributed by atoms with van der Waals surface area (Å²) in [7, 11) is 0. The summed E-state index contributed by atoms with van der Waals surface area (Å²) < 4.78 is 13.9. The molecule has 0 aliphatic carbocycles. The van der Waals surface area contributed by atoms with E-state index in [0.29, 0.717) is 24.5 Å². The molecule has 4 aromatic rings. The van der Waals surface area contributed by atoms with Crippen LogP contribution in [0.2, 0.25) is 0 Å². The average Bonchev–Trinajstić information content (AvgIpc) is 3.55. The molecule has 0 bridgehead atoms. The van der Waals surface area contributed by atoms with Gasteiger partial charge in [-0.05, 0) is 80.6 Å². The van der Waals surface area contributed by atoms with Gasteiger partial charge < -0.3 is 29.4 Å². The van der Waals surface area contributed by atoms with E-state index in [4.69, 9.17) is 14.6 Å². The molecule has 1 amide bonds. The maximum absolute atomic E-state index is 13.2. The molecule has 1 aliphatic heterocycles. The Bertz CT molecular complexity index is 1440. The third-order valence-electron chi connectivity index (χ3n) is 6.79. The van der Waals surface area contributed by atoms with Gasteiger partial charge in [0.2, 0.25) is 0 Å². The van der Waals surface area contributed by atoms with Crippen LogP contribution < -0.4 is 19.7 Å². The first-order valence-corrected chi connectivity index (χ1v) is 12.9. The minimum atomic E-state index is -0.928. The van der Waals surface area contributed by atoms with E-state index in [1.807, 2.05) is 79.1 Å². The molecule has 0 saturated carbocycles. The molecule has 8 nitrogen and oxygen atoms in total. The molecule has 2 heterocycles. The monoisotopic (exact) mass is 513 g/mol. The molecule has 1 atom stereocenters. The van der Waals surface area contributed by atoms with Gasteiger partial charge in [0.25, 0.3) is 5.91 Å². The number of nitrogens with one attached hydrogen (secondary N) is 1. The fourth-order valence-electron chi connectivity index (χ4n) is 4.95. The lowest BCUT2D eigenvalue weighted by molar-refractivity contribution is 0.0696. The number of nitrogens with zero attached hydrogens (tertiary/aromatic N) is 2. The molecular formula is C30H31N3O5. The number of anilines is 2. The fraction of sp³-hybridized carbons (Fsp3) is 0.267. The summed E-state index contributed by atoms with van der Waals surface area (Å²) in [6.45, 7) is 6.74. The second-order valence-electron chi connectivity index (χ2n) is 9.20. The first-order chi connectivity index (χ1) is 18.5. The van der Waals surface area contributed by atoms with Crippen LogP contribution in [0.3, 0.4) is 0 Å². The highest BCUT2D eigenvalue weighted by Gasteiger charge is 2.24. The highest BCUT2D eigenvalue weighted by Crippen LogP contribution is 2.30. The topological polar surface area (TPSA) is 93.0 Å². The zero-order valence-corrected chi connectivity index (χ0v) is 21.5. The van der Waals surface area contributed by atoms with Gasteiger partial charge in [0, 0.05) is 36.3 Å². The van der Waals surface area contributed by atoms with Crippen LogP contribution in [0.5, 0.6) is 11.5 Å². The predicted molar refractivity (Wildman–Crippen MR) is 148 cm³/mol. The van der Waals surface area contributed by atoms with Crippen LogP contribution in [0.4, 0.5) is 11.4 Å². The predicted octanol–water partition coefficient (Wildman–Crippen LogP) is 5.67. The van der Waals surface area contributed by atoms with E-state index >= 15 is 0 Å². The second kappa shape index (κ2) is 10.9. The number of aryl methyl sites for hydroxylation is 1. The van der Waals surface area contributed by atoms with Crippen molar-refractivity contribution in [2.24, 2.45) is 0 Å². The van der Waals surface area contributed by atoms with Crippen molar-refractivity contribution in [2.75, 3.05) is 29.9 Å². The molecule has 0 spiro atoms. The molecule has 3 aromatic carbocycles. The van der Waals surface area contributed by atoms with Gasteiger partial charge in [0.05, 0.1) is 24.2 Å². The number of ether oxygens (including phenoxy) is 2. The second-order valence-corrected chi connectivity index (χ2v) is 9.20. The van der Waals surface area contributed by atoms with E-state index in [2.05, 4.69) is 10.2 Å². The van der Waals surface area contributed by atoms with Gasteiger partial charge in [-0.25, -0.2) is 4.79 Å². The Morgan fingerprint density at radius 1 is 1.03 bits per heavy atom. The normalized spacial score (nSPS) is 15.0. The highest BCUT2D eigenvalue weighted by atomic mass is 16.5. The number of carboxylic acid groups (broad SMARTS) is 1. The van der Waals surface area contributed by atoms with E-state index in [9.17, 15) is 9.59 Å². The summed E-state index contributed by atoms with van der Waals surface area (Å²) in [5, 5.41) is 13.0. The number of amides is 1. The Labute approximate surface area is 221 Å². The molecule has 0 radical (unpaired) electrons. The number of carbonyl (C=O) groups excluding carboxylic acids is 1. The largest absolute Gasteiger partial charge is 0.493 e. The zero-order valence-electron chi connectivity index (χ0n) is 21.5. The van der Waals surface area contributed by atoms with Crippen molar-refractivity contribution in [2.45, 2.75) is 32.9 Å². The molecule has 1 aliphatic rings. The summed E-state index contributed by atoms with van der Waals surface area (Å²) in [5.41, 5.74) is 3.50. The quantitative estimate of drug-likeness (QED) is 0.300. The lowest BCUT2D eigenvalue weighted by Gasteiger charge is -2.19. The number of fused-ring (bicyclic) bond motifs is 1. The van der Waals surface area contributed by atoms with Gasteiger partial charge in [-0.2, -0.15) is 0 Å². The highest BCUT2D eigenvalue weighted by molar-refractivity contribution is 6.07. The van der Waals surface area contributed by atoms with Gasteiger partial charge >= 0.3 is 5.97 Å². The van der Waals surface area contributed by atoms with Crippen LogP contribution in [0.25, 0.3) is 10.9 Å². The number of carbonyl (C=O) groups is 2. The molecule has 196 valence electrons. The van der Waals surface area contributed by atoms with Crippen LogP contribution in [-0.4, -0.2) is 47.4 Å². The van der Waals surface area contributed by atoms with Crippen LogP contribution in [-0.2, 0) is 6.54 Å². The Morgan fingerprint density at radius 2 is 1.79 bits per heavy atom. The van der Waals surface area contributed by atoms with E-state index in [0.717, 1.165) is 47.6 Å². The van der Waals surface area contributed by atoms with Gasteiger partial charge in [0.1, 0.15) is 23.3 Å². The molecule has 1 fully saturated rings. The van der Waals surface area contributed by atoms with Crippen molar-refractivity contribution in [3.05, 3.63) is 84.1 Å². The zero-order chi connectivity index (χ0) is 26.6. The Kier molecular flexibility index (Phi) is 7.22. The smallest absolute Gasteiger partial charge is 0.335 e. The summed E-state index contributed by atoms with van der Waals surface area (Å²) in [6, 6.07) is 22.1. The number of benzene rings is 3. The summed E-state index contributed by atoms with van der Waals surface area (Å²) in [5.74, 6) is 0.400. The van der Waals surface area contributed by atoms with E-state index in [1.54, 1.807) is 12.1 Å². The Hall–Kier alpha value is -4.46. The first kappa shape index (κ1) is 25.2. The van der Waals surface area contributed by atoms with E-state index < -0.39 is 5.97 Å². The van der Waals surface area contributed by atoms with Crippen LogP contribution in [0.1, 0.15) is 41.1 Å². The lowest BCUT2D eigenvalue weighted by Crippen LogP contribution is -2.24. The van der Waals surface area contributed by atoms with Crippen molar-refractivity contribution in [3.8, 4) is 11.5 Å². The maximum atomic E-state index is 13.2. The van der Waals surface area contributed by atoms with E-state index in [1.165, 1.54) is 0 Å². The fourth-order valence-corrected chi connectivity index (χ4v) is 4.95. The van der Waals surface area contributed by atoms with Crippen LogP contribution in [0, 0.1) is 0 Å². The van der Waals surface area contributed by atoms with Crippen molar-refractivity contribution in [1.82, 2.24) is 4.57 Å². The standard InChI is InChI=1S/C30H31N3O5/c1-3-33-26-6-5-7-28(37-4-2)25(26)18-27(33)29(34)31-21-10-14-23(15-11-21)38-24-16-17-32(19-24)22-12-8-20(9-13-22)30(35)36/h5-15,18,24H,3-4,16-17,19H2,1-2H3,(H,31,34)(H,35,36). The number of aromatic carboxylic acids is 1. The number of aromatic nitrogens is 1. The van der Waals surface area contributed by atoms with Crippen molar-refractivity contribution < 1.29 is 24.2 Å². The summed E-state index contributed by atoms with van der Waals surface area (Å²) >= 11 is 0. The summed E-state index contributed by atoms with van der Waals surface area (Å²) in [4.78, 5) is 26.5. The third-order valence-corrected chi connectivity index (χ3v) is 6.79. The minimum absolute atomic E-state index is 0.0226. The Morgan fingerprint density at radius 3 is 2.47 bits per heavy atom. The first-order valence-electron chi connectivity index (χ1n) is 12.9. The van der Waals surface area contributed by atoms with Gasteiger partial charge in [-0.15, -0.1) is 0 Å². The minimum Gasteiger partial charge on any atom is -0.493 e. The lowest BCUT2D eigenvalue weighted by atomic mass is 10.2. The van der Waals surface area contributed by atoms with Crippen molar-refractivity contribution in [3.63, 3.8) is 0 Å². The molecule has 2 N–H and O–H groups in total. The van der Waals surface area contributed by atoms with E-state index in [-0.39, 0.29) is 17.6 Å². The Balaban J connectivity index is 1.22. The number of carboxylic acids is 1. The van der Waals surface area contributed by atoms with Crippen LogP contribution >= 0.6 is 0 Å². The van der Waals surface area contributed by atoms with Crippen molar-refractivity contribution in [1.29, 1.82) is 0 Å². The SMILES string of the molecule is CCOc1cccc2c1cc(C(=O)Nc1ccc(OC3CCN(c4ccc(C(=O)O)cc4)C3)cc1)n2CC. The number of hydrogen-bond acceptors (Lipinski definition) is 5. The van der Waals surface area contributed by atoms with Crippen LogP contribution in [0.15, 0.2) is 72.8 Å². The third kappa shape index (κ3) is 5.16. The number of rotatable bonds is 9. The molecule has 1 aromatic heterocycles. The molecule has 1 saturated heterocycles. The summed E-state index contributed by atoms with van der Waals surface area (Å²) in [6.07, 6.45) is 0.888. The van der Waals surface area contributed by atoms with Crippen molar-refractivity contribution >= 4 is 34.2 Å². The molecular weight excluding hydrogens is 482 g/mol. The van der Waals surface area contributed by atoms with Gasteiger partial charge in [0.15, 0.2) is 0 Å². The average molecular weight is 514 g/mol. The van der Waals surface area contributed by atoms with Gasteiger partial charge in [-0.3, -0.25) is 4.79 Å². The molecule has 5 rings (SSSR count). The molecule has 38 heavy (non-hydrogen) atoms. The maximum Gasteiger partial charge on any atom is 0.335 e. The molecule has 8 heteroatoms.